The third kappa shape index (κ3) is 3.08. The van der Waals surface area contributed by atoms with Crippen molar-refractivity contribution < 1.29 is 0 Å². The number of hydrogen-bond donors (Lipinski definition) is 0. The van der Waals surface area contributed by atoms with Gasteiger partial charge in [0.2, 0.25) is 0 Å². The Labute approximate surface area is 105 Å². The van der Waals surface area contributed by atoms with Crippen LogP contribution in [-0.4, -0.2) is 4.98 Å². The summed E-state index contributed by atoms with van der Waals surface area (Å²) in [5, 5.41) is 8.84. The van der Waals surface area contributed by atoms with Crippen LogP contribution in [0.4, 0.5) is 0 Å². The normalized spacial score (nSPS) is 9.88. The molecule has 0 bridgehead atoms. The number of nitrogens with zero attached hydrogens (tertiary/aromatic N) is 2. The fourth-order valence-corrected chi connectivity index (χ4v) is 2.44. The molecule has 2 rings (SSSR count). The van der Waals surface area contributed by atoms with E-state index in [1.165, 1.54) is 5.56 Å². The minimum atomic E-state index is 0.617. The lowest BCUT2D eigenvalue weighted by Crippen LogP contribution is -1.88. The van der Waals surface area contributed by atoms with Crippen molar-refractivity contribution in [2.45, 2.75) is 17.6 Å². The molecule has 3 heteroatoms. The van der Waals surface area contributed by atoms with Crippen molar-refractivity contribution in [3.63, 3.8) is 0 Å². The van der Waals surface area contributed by atoms with E-state index in [0.29, 0.717) is 5.56 Å². The van der Waals surface area contributed by atoms with Gasteiger partial charge in [-0.05, 0) is 18.6 Å². The van der Waals surface area contributed by atoms with Crippen LogP contribution in [0.15, 0.2) is 47.5 Å². The average Bonchev–Trinajstić information content (AvgIpc) is 2.39. The van der Waals surface area contributed by atoms with E-state index in [1.807, 2.05) is 31.2 Å². The van der Waals surface area contributed by atoms with Crippen LogP contribution >= 0.6 is 11.8 Å². The van der Waals surface area contributed by atoms with Gasteiger partial charge in [-0.1, -0.05) is 30.3 Å². The van der Waals surface area contributed by atoms with Gasteiger partial charge in [-0.25, -0.2) is 0 Å². The zero-order valence-corrected chi connectivity index (χ0v) is 10.4. The van der Waals surface area contributed by atoms with Crippen LogP contribution < -0.4 is 0 Å². The van der Waals surface area contributed by atoms with E-state index >= 15 is 0 Å². The van der Waals surface area contributed by atoms with Gasteiger partial charge in [0.15, 0.2) is 0 Å². The fourth-order valence-electron chi connectivity index (χ4n) is 1.46. The number of rotatable bonds is 3. The molecule has 0 aliphatic heterocycles. The second kappa shape index (κ2) is 5.51. The lowest BCUT2D eigenvalue weighted by atomic mass is 10.2. The predicted molar refractivity (Wildman–Crippen MR) is 69.7 cm³/mol. The number of thioether (sulfide) groups is 1. The SMILES string of the molecule is Cc1ncc(C#N)cc1SCc1ccccc1. The summed E-state index contributed by atoms with van der Waals surface area (Å²) in [4.78, 5) is 5.30. The van der Waals surface area contributed by atoms with E-state index in [1.54, 1.807) is 18.0 Å². The second-order valence-electron chi connectivity index (χ2n) is 3.69. The Kier molecular flexibility index (Phi) is 3.79. The molecule has 0 atom stereocenters. The topological polar surface area (TPSA) is 36.7 Å². The summed E-state index contributed by atoms with van der Waals surface area (Å²) in [6.07, 6.45) is 1.61. The minimum Gasteiger partial charge on any atom is -0.259 e. The van der Waals surface area contributed by atoms with Crippen molar-refractivity contribution in [3.05, 3.63) is 59.4 Å². The molecule has 0 spiro atoms. The standard InChI is InChI=1S/C14H12N2S/c1-11-14(7-13(8-15)9-16-11)17-10-12-5-3-2-4-6-12/h2-7,9H,10H2,1H3. The van der Waals surface area contributed by atoms with Crippen LogP contribution in [0.2, 0.25) is 0 Å². The number of benzene rings is 1. The van der Waals surface area contributed by atoms with E-state index < -0.39 is 0 Å². The van der Waals surface area contributed by atoms with Crippen LogP contribution in [0.5, 0.6) is 0 Å². The summed E-state index contributed by atoms with van der Waals surface area (Å²) in [6.45, 7) is 1.97. The van der Waals surface area contributed by atoms with Gasteiger partial charge in [0.05, 0.1) is 11.3 Å². The summed E-state index contributed by atoms with van der Waals surface area (Å²) in [6, 6.07) is 14.3. The van der Waals surface area contributed by atoms with Crippen LogP contribution in [-0.2, 0) is 5.75 Å². The molecule has 0 saturated carbocycles. The number of nitriles is 1. The Morgan fingerprint density at radius 3 is 2.76 bits per heavy atom. The molecule has 1 heterocycles. The molecular weight excluding hydrogens is 228 g/mol. The number of aromatic nitrogens is 1. The molecule has 2 aromatic rings. The first-order chi connectivity index (χ1) is 8.29. The van der Waals surface area contributed by atoms with Gasteiger partial charge < -0.3 is 0 Å². The molecule has 0 fully saturated rings. The molecule has 1 aromatic heterocycles. The highest BCUT2D eigenvalue weighted by molar-refractivity contribution is 7.98. The van der Waals surface area contributed by atoms with Gasteiger partial charge >= 0.3 is 0 Å². The quantitative estimate of drug-likeness (QED) is 0.770. The number of hydrogen-bond acceptors (Lipinski definition) is 3. The molecule has 84 valence electrons. The Bertz CT molecular complexity index is 544. The average molecular weight is 240 g/mol. The van der Waals surface area contributed by atoms with Crippen LogP contribution in [0.25, 0.3) is 0 Å². The maximum atomic E-state index is 8.84. The summed E-state index contributed by atoms with van der Waals surface area (Å²) >= 11 is 1.72. The molecule has 0 N–H and O–H groups in total. The second-order valence-corrected chi connectivity index (χ2v) is 4.71. The number of pyridine rings is 1. The predicted octanol–water partition coefficient (Wildman–Crippen LogP) is 3.55. The molecule has 0 aliphatic rings. The lowest BCUT2D eigenvalue weighted by Gasteiger charge is -2.05. The Morgan fingerprint density at radius 2 is 2.06 bits per heavy atom. The van der Waals surface area contributed by atoms with E-state index in [0.717, 1.165) is 16.3 Å². The van der Waals surface area contributed by atoms with E-state index in [4.69, 9.17) is 5.26 Å². The van der Waals surface area contributed by atoms with Crippen molar-refractivity contribution in [1.29, 1.82) is 5.26 Å². The maximum Gasteiger partial charge on any atom is 0.101 e. The van der Waals surface area contributed by atoms with E-state index in [9.17, 15) is 0 Å². The lowest BCUT2D eigenvalue weighted by molar-refractivity contribution is 1.10. The zero-order chi connectivity index (χ0) is 12.1. The third-order valence-corrected chi connectivity index (χ3v) is 3.61. The number of aryl methyl sites for hydroxylation is 1. The van der Waals surface area contributed by atoms with Gasteiger partial charge in [-0.2, -0.15) is 5.26 Å². The summed E-state index contributed by atoms with van der Waals surface area (Å²) in [5.74, 6) is 0.901. The van der Waals surface area contributed by atoms with Crippen molar-refractivity contribution in [2.75, 3.05) is 0 Å². The molecule has 2 nitrogen and oxygen atoms in total. The first-order valence-electron chi connectivity index (χ1n) is 5.33. The summed E-state index contributed by atoms with van der Waals surface area (Å²) < 4.78 is 0. The highest BCUT2D eigenvalue weighted by Crippen LogP contribution is 2.25. The Balaban J connectivity index is 2.12. The van der Waals surface area contributed by atoms with Gasteiger partial charge in [0.1, 0.15) is 6.07 Å². The molecular formula is C14H12N2S. The highest BCUT2D eigenvalue weighted by Gasteiger charge is 2.03. The molecule has 0 aliphatic carbocycles. The third-order valence-electron chi connectivity index (χ3n) is 2.41. The molecule has 0 saturated heterocycles. The monoisotopic (exact) mass is 240 g/mol. The Morgan fingerprint density at radius 1 is 1.29 bits per heavy atom. The summed E-state index contributed by atoms with van der Waals surface area (Å²) in [5.41, 5.74) is 2.87. The van der Waals surface area contributed by atoms with E-state index in [-0.39, 0.29) is 0 Å². The first-order valence-corrected chi connectivity index (χ1v) is 6.31. The smallest absolute Gasteiger partial charge is 0.101 e. The van der Waals surface area contributed by atoms with Crippen LogP contribution in [0.1, 0.15) is 16.8 Å². The molecule has 17 heavy (non-hydrogen) atoms. The first kappa shape index (κ1) is 11.7. The van der Waals surface area contributed by atoms with Crippen molar-refractivity contribution in [2.24, 2.45) is 0 Å². The zero-order valence-electron chi connectivity index (χ0n) is 9.55. The summed E-state index contributed by atoms with van der Waals surface area (Å²) in [7, 11) is 0. The Hall–Kier alpha value is -1.79. The fraction of sp³-hybridized carbons (Fsp3) is 0.143. The molecule has 0 amide bonds. The maximum absolute atomic E-state index is 8.84. The van der Waals surface area contributed by atoms with Crippen molar-refractivity contribution >= 4 is 11.8 Å². The largest absolute Gasteiger partial charge is 0.259 e. The van der Waals surface area contributed by atoms with Gasteiger partial charge in [-0.3, -0.25) is 4.98 Å². The van der Waals surface area contributed by atoms with Crippen molar-refractivity contribution in [3.8, 4) is 6.07 Å². The van der Waals surface area contributed by atoms with Crippen LogP contribution in [0, 0.1) is 18.3 Å². The van der Waals surface area contributed by atoms with Crippen LogP contribution in [0.3, 0.4) is 0 Å². The highest BCUT2D eigenvalue weighted by atomic mass is 32.2. The van der Waals surface area contributed by atoms with Gasteiger partial charge in [0.25, 0.3) is 0 Å². The van der Waals surface area contributed by atoms with Gasteiger partial charge in [0, 0.05) is 16.8 Å². The molecule has 0 unspecified atom stereocenters. The molecule has 1 aromatic carbocycles. The van der Waals surface area contributed by atoms with Gasteiger partial charge in [-0.15, -0.1) is 11.8 Å². The molecule has 0 radical (unpaired) electrons. The van der Waals surface area contributed by atoms with E-state index in [2.05, 4.69) is 23.2 Å². The van der Waals surface area contributed by atoms with Crippen molar-refractivity contribution in [1.82, 2.24) is 4.98 Å². The minimum absolute atomic E-state index is 0.617.